The summed E-state index contributed by atoms with van der Waals surface area (Å²) in [4.78, 5) is 10.1. The first-order valence-corrected chi connectivity index (χ1v) is 15.5. The molecule has 10 aromatic rings. The minimum absolute atomic E-state index is 0.557. The lowest BCUT2D eigenvalue weighted by Gasteiger charge is -2.09. The molecule has 0 radical (unpaired) electrons. The molecule has 218 valence electrons. The number of para-hydroxylation sites is 4. The minimum Gasteiger partial charge on any atom is -0.423 e. The van der Waals surface area contributed by atoms with Crippen molar-refractivity contribution in [1.29, 1.82) is 5.26 Å². The van der Waals surface area contributed by atoms with Gasteiger partial charge in [-0.3, -0.25) is 4.40 Å². The third kappa shape index (κ3) is 3.71. The topological polar surface area (TPSA) is 72.1 Å². The summed E-state index contributed by atoms with van der Waals surface area (Å²) in [7, 11) is 0. The van der Waals surface area contributed by atoms with Crippen molar-refractivity contribution in [2.45, 2.75) is 0 Å². The molecule has 0 unspecified atom stereocenters. The first-order chi connectivity index (χ1) is 23.2. The molecular formula is C41H23N5O. The van der Waals surface area contributed by atoms with Crippen molar-refractivity contribution < 1.29 is 4.42 Å². The van der Waals surface area contributed by atoms with Gasteiger partial charge in [0.1, 0.15) is 11.0 Å². The summed E-state index contributed by atoms with van der Waals surface area (Å²) >= 11 is 0. The predicted octanol–water partition coefficient (Wildman–Crippen LogP) is 10.1. The Kier molecular flexibility index (Phi) is 5.25. The molecule has 10 rings (SSSR count). The van der Waals surface area contributed by atoms with Crippen LogP contribution in [-0.2, 0) is 0 Å². The zero-order chi connectivity index (χ0) is 31.1. The van der Waals surface area contributed by atoms with Gasteiger partial charge in [0, 0.05) is 27.4 Å². The second-order valence-corrected chi connectivity index (χ2v) is 11.8. The first kappa shape index (κ1) is 25.6. The Labute approximate surface area is 268 Å². The van der Waals surface area contributed by atoms with Crippen molar-refractivity contribution in [3.05, 3.63) is 145 Å². The SMILES string of the molecule is N#Cc1ccc2c3cc(-c4ccc(-c5nc6ccccc6c6nc7oc8ccccc8n7c56)cc4)ccc3n(-c3ccccc3)c2c1. The van der Waals surface area contributed by atoms with E-state index in [1.165, 1.54) is 0 Å². The van der Waals surface area contributed by atoms with Gasteiger partial charge in [-0.05, 0) is 65.7 Å². The minimum atomic E-state index is 0.557. The molecule has 0 atom stereocenters. The van der Waals surface area contributed by atoms with Gasteiger partial charge in [0.05, 0.1) is 39.4 Å². The highest BCUT2D eigenvalue weighted by molar-refractivity contribution is 6.12. The number of imidazole rings is 1. The maximum atomic E-state index is 9.64. The van der Waals surface area contributed by atoms with Crippen molar-refractivity contribution in [3.63, 3.8) is 0 Å². The molecule has 0 saturated heterocycles. The predicted molar refractivity (Wildman–Crippen MR) is 188 cm³/mol. The maximum Gasteiger partial charge on any atom is 0.307 e. The van der Waals surface area contributed by atoms with Crippen LogP contribution in [0.4, 0.5) is 0 Å². The van der Waals surface area contributed by atoms with Gasteiger partial charge < -0.3 is 8.98 Å². The number of pyridine rings is 1. The Bertz CT molecular complexity index is 2900. The van der Waals surface area contributed by atoms with E-state index in [0.717, 1.165) is 82.9 Å². The number of hydrogen-bond acceptors (Lipinski definition) is 4. The standard InChI is InChI=1S/C41H23N5O/c42-24-25-14-20-30-32-23-28(19-21-34(32)45(36(30)22-25)29-8-2-1-3-9-29)26-15-17-27(18-16-26)38-40-39(31-10-4-5-11-33(31)43-38)44-41-46(40)35-12-6-7-13-37(35)47-41/h1-23H. The lowest BCUT2D eigenvalue weighted by molar-refractivity contribution is 0.643. The molecule has 0 saturated carbocycles. The molecule has 0 aliphatic heterocycles. The smallest absolute Gasteiger partial charge is 0.307 e. The van der Waals surface area contributed by atoms with Gasteiger partial charge in [-0.25, -0.2) is 4.98 Å². The number of oxazole rings is 1. The average Bonchev–Trinajstić information content (AvgIpc) is 3.79. The van der Waals surface area contributed by atoms with Crippen LogP contribution < -0.4 is 0 Å². The number of hydrogen-bond donors (Lipinski definition) is 0. The second kappa shape index (κ2) is 9.64. The van der Waals surface area contributed by atoms with Crippen LogP contribution in [0, 0.1) is 11.3 Å². The number of benzene rings is 6. The van der Waals surface area contributed by atoms with Crippen LogP contribution in [0.15, 0.2) is 144 Å². The second-order valence-electron chi connectivity index (χ2n) is 11.8. The number of nitrogens with zero attached hydrogens (tertiary/aromatic N) is 5. The molecule has 47 heavy (non-hydrogen) atoms. The third-order valence-corrected chi connectivity index (χ3v) is 9.17. The zero-order valence-corrected chi connectivity index (χ0v) is 24.9. The molecule has 6 heteroatoms. The molecule has 0 fully saturated rings. The molecule has 4 heterocycles. The van der Waals surface area contributed by atoms with Crippen molar-refractivity contribution >= 4 is 60.7 Å². The fraction of sp³-hybridized carbons (Fsp3) is 0. The van der Waals surface area contributed by atoms with Crippen molar-refractivity contribution in [3.8, 4) is 34.1 Å². The van der Waals surface area contributed by atoms with Gasteiger partial charge in [0.2, 0.25) is 0 Å². The largest absolute Gasteiger partial charge is 0.423 e. The molecule has 0 aliphatic rings. The van der Waals surface area contributed by atoms with E-state index >= 15 is 0 Å². The number of fused-ring (bicyclic) bond motifs is 10. The van der Waals surface area contributed by atoms with E-state index in [4.69, 9.17) is 14.4 Å². The summed E-state index contributed by atoms with van der Waals surface area (Å²) in [6.45, 7) is 0. The monoisotopic (exact) mass is 601 g/mol. The lowest BCUT2D eigenvalue weighted by Crippen LogP contribution is -1.93. The number of rotatable bonds is 3. The molecule has 4 aromatic heterocycles. The highest BCUT2D eigenvalue weighted by atomic mass is 16.4. The fourth-order valence-electron chi connectivity index (χ4n) is 7.02. The van der Waals surface area contributed by atoms with E-state index in [-0.39, 0.29) is 0 Å². The van der Waals surface area contributed by atoms with Gasteiger partial charge in [0.15, 0.2) is 5.58 Å². The third-order valence-electron chi connectivity index (χ3n) is 9.17. The highest BCUT2D eigenvalue weighted by Crippen LogP contribution is 2.38. The molecule has 6 nitrogen and oxygen atoms in total. The Balaban J connectivity index is 1.15. The number of aromatic nitrogens is 4. The van der Waals surface area contributed by atoms with Gasteiger partial charge in [-0.2, -0.15) is 10.2 Å². The zero-order valence-electron chi connectivity index (χ0n) is 24.9. The summed E-state index contributed by atoms with van der Waals surface area (Å²) in [6, 6.07) is 49.9. The summed E-state index contributed by atoms with van der Waals surface area (Å²) in [5, 5.41) is 12.9. The Hall–Kier alpha value is -6.71. The Morgan fingerprint density at radius 3 is 2.21 bits per heavy atom. The van der Waals surface area contributed by atoms with Gasteiger partial charge >= 0.3 is 5.84 Å². The lowest BCUT2D eigenvalue weighted by atomic mass is 9.99. The normalized spacial score (nSPS) is 11.8. The van der Waals surface area contributed by atoms with E-state index in [0.29, 0.717) is 11.4 Å². The van der Waals surface area contributed by atoms with Gasteiger partial charge in [-0.1, -0.05) is 84.9 Å². The van der Waals surface area contributed by atoms with Crippen LogP contribution >= 0.6 is 0 Å². The maximum absolute atomic E-state index is 9.64. The summed E-state index contributed by atoms with van der Waals surface area (Å²) in [6.07, 6.45) is 0. The Morgan fingerprint density at radius 1 is 0.574 bits per heavy atom. The molecule has 0 bridgehead atoms. The van der Waals surface area contributed by atoms with E-state index in [2.05, 4.69) is 87.8 Å². The summed E-state index contributed by atoms with van der Waals surface area (Å²) in [5.41, 5.74) is 12.4. The van der Waals surface area contributed by atoms with E-state index < -0.39 is 0 Å². The van der Waals surface area contributed by atoms with E-state index in [1.54, 1.807) is 0 Å². The van der Waals surface area contributed by atoms with E-state index in [9.17, 15) is 5.26 Å². The molecular weight excluding hydrogens is 578 g/mol. The number of nitriles is 1. The first-order valence-electron chi connectivity index (χ1n) is 15.5. The quantitative estimate of drug-likeness (QED) is 0.202. The van der Waals surface area contributed by atoms with Crippen molar-refractivity contribution in [2.24, 2.45) is 0 Å². The average molecular weight is 602 g/mol. The van der Waals surface area contributed by atoms with Crippen molar-refractivity contribution in [2.75, 3.05) is 0 Å². The Morgan fingerprint density at radius 2 is 1.34 bits per heavy atom. The molecule has 0 spiro atoms. The molecule has 0 N–H and O–H groups in total. The van der Waals surface area contributed by atoms with Crippen LogP contribution in [0.3, 0.4) is 0 Å². The van der Waals surface area contributed by atoms with Crippen molar-refractivity contribution in [1.82, 2.24) is 18.9 Å². The molecule has 0 amide bonds. The fourth-order valence-corrected chi connectivity index (χ4v) is 7.02. The van der Waals surface area contributed by atoms with Crippen LogP contribution in [0.2, 0.25) is 0 Å². The van der Waals surface area contributed by atoms with E-state index in [1.807, 2.05) is 66.7 Å². The van der Waals surface area contributed by atoms with Crippen LogP contribution in [-0.4, -0.2) is 18.9 Å². The van der Waals surface area contributed by atoms with Crippen LogP contribution in [0.25, 0.3) is 88.8 Å². The molecule has 6 aromatic carbocycles. The van der Waals surface area contributed by atoms with Gasteiger partial charge in [-0.15, -0.1) is 0 Å². The summed E-state index contributed by atoms with van der Waals surface area (Å²) in [5.74, 6) is 0.557. The summed E-state index contributed by atoms with van der Waals surface area (Å²) < 4.78 is 10.5. The van der Waals surface area contributed by atoms with Gasteiger partial charge in [0.25, 0.3) is 0 Å². The highest BCUT2D eigenvalue weighted by Gasteiger charge is 2.21. The van der Waals surface area contributed by atoms with Crippen LogP contribution in [0.5, 0.6) is 0 Å². The molecule has 0 aliphatic carbocycles. The van der Waals surface area contributed by atoms with Crippen LogP contribution in [0.1, 0.15) is 5.56 Å².